The van der Waals surface area contributed by atoms with Crippen molar-refractivity contribution in [2.45, 2.75) is 27.2 Å². The Morgan fingerprint density at radius 2 is 2.05 bits per heavy atom. The molecule has 112 valence electrons. The van der Waals surface area contributed by atoms with Crippen LogP contribution in [0.5, 0.6) is 5.75 Å². The molecule has 0 saturated heterocycles. The summed E-state index contributed by atoms with van der Waals surface area (Å²) in [4.78, 5) is 44.0. The van der Waals surface area contributed by atoms with Gasteiger partial charge in [-0.15, -0.1) is 0 Å². The maximum absolute atomic E-state index is 11.6. The molecule has 0 aliphatic carbocycles. The van der Waals surface area contributed by atoms with Crippen LogP contribution in [-0.2, 0) is 20.9 Å². The minimum absolute atomic E-state index is 0.162. The van der Waals surface area contributed by atoms with Gasteiger partial charge in [-0.1, -0.05) is 0 Å². The Morgan fingerprint density at radius 1 is 1.38 bits per heavy atom. The molecule has 0 N–H and O–H groups in total. The zero-order valence-corrected chi connectivity index (χ0v) is 11.8. The first-order chi connectivity index (χ1) is 9.82. The Hall–Kier alpha value is -2.64. The first kappa shape index (κ1) is 14.8. The van der Waals surface area contributed by atoms with Crippen molar-refractivity contribution in [3.8, 4) is 5.75 Å². The van der Waals surface area contributed by atoms with Crippen molar-refractivity contribution in [3.05, 3.63) is 27.3 Å². The minimum Gasteiger partial charge on any atom is -0.306 e. The minimum atomic E-state index is -0.636. The highest BCUT2D eigenvalue weighted by atomic mass is 17.2. The van der Waals surface area contributed by atoms with Gasteiger partial charge in [-0.2, -0.15) is 0 Å². The highest BCUT2D eigenvalue weighted by molar-refractivity contribution is 5.97. The summed E-state index contributed by atoms with van der Waals surface area (Å²) in [6.45, 7) is 4.46. The normalized spacial score (nSPS) is 12.8. The van der Waals surface area contributed by atoms with Crippen LogP contribution in [0.1, 0.15) is 25.0 Å². The third kappa shape index (κ3) is 2.64. The number of carbonyl (C=O) groups is 2. The van der Waals surface area contributed by atoms with Gasteiger partial charge < -0.3 is 4.90 Å². The second-order valence-electron chi connectivity index (χ2n) is 4.70. The predicted molar refractivity (Wildman–Crippen MR) is 72.0 cm³/mol. The molecule has 0 fully saturated rings. The van der Waals surface area contributed by atoms with E-state index in [-0.39, 0.29) is 23.0 Å². The Kier molecular flexibility index (Phi) is 3.79. The van der Waals surface area contributed by atoms with Gasteiger partial charge in [-0.3, -0.25) is 24.7 Å². The number of carbonyl (C=O) groups excluding carboxylic acids is 2. The molecule has 8 heteroatoms. The van der Waals surface area contributed by atoms with Crippen LogP contribution in [0.3, 0.4) is 0 Å². The molecule has 0 unspecified atom stereocenters. The van der Waals surface area contributed by atoms with E-state index in [4.69, 9.17) is 4.89 Å². The van der Waals surface area contributed by atoms with E-state index in [2.05, 4.69) is 4.89 Å². The van der Waals surface area contributed by atoms with Gasteiger partial charge >= 0.3 is 5.97 Å². The van der Waals surface area contributed by atoms with E-state index < -0.39 is 10.9 Å². The van der Waals surface area contributed by atoms with Crippen LogP contribution in [0.25, 0.3) is 0 Å². The van der Waals surface area contributed by atoms with Gasteiger partial charge in [0, 0.05) is 37.6 Å². The molecule has 2 rings (SSSR count). The second-order valence-corrected chi connectivity index (χ2v) is 4.70. The first-order valence-corrected chi connectivity index (χ1v) is 6.27. The Balaban J connectivity index is 2.58. The predicted octanol–water partition coefficient (Wildman–Crippen LogP) is 1.67. The van der Waals surface area contributed by atoms with Crippen molar-refractivity contribution in [3.63, 3.8) is 0 Å². The molecule has 1 heterocycles. The fourth-order valence-electron chi connectivity index (χ4n) is 2.38. The number of hydrogen-bond donors (Lipinski definition) is 0. The van der Waals surface area contributed by atoms with Crippen molar-refractivity contribution in [2.75, 3.05) is 11.4 Å². The highest BCUT2D eigenvalue weighted by Gasteiger charge is 2.35. The third-order valence-corrected chi connectivity index (χ3v) is 3.19. The van der Waals surface area contributed by atoms with Crippen LogP contribution in [0.2, 0.25) is 0 Å². The van der Waals surface area contributed by atoms with Crippen LogP contribution in [0.15, 0.2) is 6.07 Å². The molecule has 1 aromatic carbocycles. The number of anilines is 1. The van der Waals surface area contributed by atoms with E-state index in [1.165, 1.54) is 24.8 Å². The van der Waals surface area contributed by atoms with Crippen molar-refractivity contribution in [1.82, 2.24) is 0 Å². The molecule has 0 bridgehead atoms. The van der Waals surface area contributed by atoms with Gasteiger partial charge in [0.1, 0.15) is 5.69 Å². The highest BCUT2D eigenvalue weighted by Crippen LogP contribution is 2.44. The number of hydrogen-bond acceptors (Lipinski definition) is 6. The first-order valence-electron chi connectivity index (χ1n) is 6.27. The molecule has 1 aromatic rings. The summed E-state index contributed by atoms with van der Waals surface area (Å²) < 4.78 is 0. The van der Waals surface area contributed by atoms with Crippen LogP contribution < -0.4 is 9.79 Å². The maximum Gasteiger partial charge on any atom is 0.352 e. The summed E-state index contributed by atoms with van der Waals surface area (Å²) in [7, 11) is 0. The number of aryl methyl sites for hydroxylation is 1. The average molecular weight is 294 g/mol. The number of amides is 1. The van der Waals surface area contributed by atoms with Crippen molar-refractivity contribution in [1.29, 1.82) is 0 Å². The van der Waals surface area contributed by atoms with Crippen LogP contribution in [0, 0.1) is 17.0 Å². The van der Waals surface area contributed by atoms with Crippen LogP contribution in [0.4, 0.5) is 11.4 Å². The summed E-state index contributed by atoms with van der Waals surface area (Å²) in [6, 6.07) is 1.30. The lowest BCUT2D eigenvalue weighted by Gasteiger charge is -2.16. The van der Waals surface area contributed by atoms with Gasteiger partial charge in [-0.25, -0.2) is 4.79 Å². The van der Waals surface area contributed by atoms with E-state index in [9.17, 15) is 19.7 Å². The number of nitro benzene ring substituents is 1. The molecule has 0 saturated carbocycles. The lowest BCUT2D eigenvalue weighted by molar-refractivity contribution is -0.384. The quantitative estimate of drug-likeness (QED) is 0.477. The largest absolute Gasteiger partial charge is 0.352 e. The zero-order chi connectivity index (χ0) is 15.7. The van der Waals surface area contributed by atoms with Gasteiger partial charge in [0.15, 0.2) is 5.75 Å². The summed E-state index contributed by atoms with van der Waals surface area (Å²) >= 11 is 0. The smallest absolute Gasteiger partial charge is 0.306 e. The molecule has 0 radical (unpaired) electrons. The van der Waals surface area contributed by atoms with E-state index in [0.29, 0.717) is 24.1 Å². The molecule has 21 heavy (non-hydrogen) atoms. The van der Waals surface area contributed by atoms with Gasteiger partial charge in [-0.05, 0) is 13.3 Å². The summed E-state index contributed by atoms with van der Waals surface area (Å²) in [6.07, 6.45) is 0.397. The van der Waals surface area contributed by atoms with Crippen LogP contribution >= 0.6 is 0 Å². The summed E-state index contributed by atoms with van der Waals surface area (Å²) in [5.41, 5.74) is 1.01. The average Bonchev–Trinajstić information content (AvgIpc) is 2.80. The van der Waals surface area contributed by atoms with Gasteiger partial charge in [0.25, 0.3) is 5.69 Å². The molecular weight excluding hydrogens is 280 g/mol. The Labute approximate surface area is 120 Å². The van der Waals surface area contributed by atoms with Crippen molar-refractivity contribution < 1.29 is 24.3 Å². The molecule has 1 amide bonds. The molecule has 8 nitrogen and oxygen atoms in total. The maximum atomic E-state index is 11.6. The standard InChI is InChI=1S/C13H14N2O6/c1-7-6-11(15(18)19)12-10(4-5-14(12)8(2)16)13(7)21-20-9(3)17/h6H,4-5H2,1-3H3. The molecule has 0 aromatic heterocycles. The number of benzene rings is 1. The van der Waals surface area contributed by atoms with Crippen LogP contribution in [-0.4, -0.2) is 23.3 Å². The molecule has 1 aliphatic rings. The number of nitro groups is 1. The SMILES string of the molecule is CC(=O)OOc1c(C)cc([N+](=O)[O-])c2c1CCN2C(C)=O. The fourth-order valence-corrected chi connectivity index (χ4v) is 2.38. The fraction of sp³-hybridized carbons (Fsp3) is 0.385. The molecule has 1 aliphatic heterocycles. The van der Waals surface area contributed by atoms with E-state index in [0.717, 1.165) is 0 Å². The summed E-state index contributed by atoms with van der Waals surface area (Å²) in [5, 5.41) is 11.2. The Bertz CT molecular complexity index is 640. The van der Waals surface area contributed by atoms with Crippen molar-refractivity contribution in [2.24, 2.45) is 0 Å². The topological polar surface area (TPSA) is 99.0 Å². The summed E-state index contributed by atoms with van der Waals surface area (Å²) in [5.74, 6) is -0.684. The molecule has 0 atom stereocenters. The lowest BCUT2D eigenvalue weighted by Crippen LogP contribution is -2.26. The van der Waals surface area contributed by atoms with E-state index >= 15 is 0 Å². The molecule has 0 spiro atoms. The second kappa shape index (κ2) is 5.39. The van der Waals surface area contributed by atoms with Gasteiger partial charge in [0.2, 0.25) is 5.91 Å². The lowest BCUT2D eigenvalue weighted by atomic mass is 10.1. The number of fused-ring (bicyclic) bond motifs is 1. The number of rotatable bonds is 3. The zero-order valence-electron chi connectivity index (χ0n) is 11.8. The van der Waals surface area contributed by atoms with E-state index in [1.807, 2.05) is 0 Å². The number of nitrogens with zero attached hydrogens (tertiary/aromatic N) is 2. The Morgan fingerprint density at radius 3 is 2.57 bits per heavy atom. The van der Waals surface area contributed by atoms with Crippen molar-refractivity contribution >= 4 is 23.3 Å². The molecular formula is C13H14N2O6. The van der Waals surface area contributed by atoms with E-state index in [1.54, 1.807) is 6.92 Å². The third-order valence-electron chi connectivity index (χ3n) is 3.19. The monoisotopic (exact) mass is 294 g/mol. The van der Waals surface area contributed by atoms with Gasteiger partial charge in [0.05, 0.1) is 4.92 Å².